The molecule has 1 aliphatic rings. The summed E-state index contributed by atoms with van der Waals surface area (Å²) < 4.78 is 51.9. The number of halogens is 3. The number of nitrogens with zero attached hydrogens (tertiary/aromatic N) is 5. The maximum Gasteiger partial charge on any atom is 0.214 e. The summed E-state index contributed by atoms with van der Waals surface area (Å²) in [6.45, 7) is 0.451. The molecule has 0 amide bonds. The molecule has 6 nitrogen and oxygen atoms in total. The van der Waals surface area contributed by atoms with Crippen molar-refractivity contribution >= 4 is 11.0 Å². The molecule has 0 aliphatic heterocycles. The van der Waals surface area contributed by atoms with E-state index in [-0.39, 0.29) is 46.5 Å². The van der Waals surface area contributed by atoms with Gasteiger partial charge in [-0.15, -0.1) is 0 Å². The highest BCUT2D eigenvalue weighted by molar-refractivity contribution is 5.77. The van der Waals surface area contributed by atoms with E-state index in [2.05, 4.69) is 16.0 Å². The van der Waals surface area contributed by atoms with E-state index in [0.717, 1.165) is 18.9 Å². The lowest BCUT2D eigenvalue weighted by Crippen LogP contribution is -2.14. The lowest BCUT2D eigenvalue weighted by atomic mass is 10.0. The molecular formula is C33H24F3N5O. The fourth-order valence-electron chi connectivity index (χ4n) is 5.13. The molecule has 1 aliphatic carbocycles. The Morgan fingerprint density at radius 2 is 1.71 bits per heavy atom. The second kappa shape index (κ2) is 11.0. The average Bonchev–Trinajstić information content (AvgIpc) is 3.66. The molecule has 1 fully saturated rings. The molecule has 5 aromatic rings. The second-order valence-corrected chi connectivity index (χ2v) is 10.6. The minimum absolute atomic E-state index is 0.105. The van der Waals surface area contributed by atoms with E-state index in [1.54, 1.807) is 36.4 Å². The first kappa shape index (κ1) is 27.0. The molecule has 0 radical (unpaired) electrons. The van der Waals surface area contributed by atoms with Crippen LogP contribution in [-0.2, 0) is 19.6 Å². The van der Waals surface area contributed by atoms with E-state index in [0.29, 0.717) is 35.6 Å². The van der Waals surface area contributed by atoms with Crippen molar-refractivity contribution in [2.75, 3.05) is 0 Å². The summed E-state index contributed by atoms with van der Waals surface area (Å²) in [4.78, 5) is 8.97. The predicted molar refractivity (Wildman–Crippen MR) is 149 cm³/mol. The van der Waals surface area contributed by atoms with Gasteiger partial charge in [-0.3, -0.25) is 0 Å². The molecular weight excluding hydrogens is 539 g/mol. The maximum absolute atomic E-state index is 15.4. The quantitative estimate of drug-likeness (QED) is 0.189. The summed E-state index contributed by atoms with van der Waals surface area (Å²) >= 11 is 0. The lowest BCUT2D eigenvalue weighted by molar-refractivity contribution is 0.288. The number of aromatic nitrogens is 3. The van der Waals surface area contributed by atoms with Crippen molar-refractivity contribution in [1.82, 2.24) is 14.5 Å². The van der Waals surface area contributed by atoms with Crippen LogP contribution in [-0.4, -0.2) is 14.5 Å². The molecule has 6 rings (SSSR count). The van der Waals surface area contributed by atoms with Crippen molar-refractivity contribution in [3.63, 3.8) is 0 Å². The number of rotatable bonds is 9. The number of fused-ring (bicyclic) bond motifs is 1. The van der Waals surface area contributed by atoms with E-state index in [1.807, 2.05) is 16.7 Å². The lowest BCUT2D eigenvalue weighted by Gasteiger charge is -2.16. The topological polar surface area (TPSA) is 87.5 Å². The Hall–Kier alpha value is -5.15. The summed E-state index contributed by atoms with van der Waals surface area (Å²) in [5.74, 6) is -0.668. The number of pyridine rings is 1. The Labute approximate surface area is 240 Å². The summed E-state index contributed by atoms with van der Waals surface area (Å²) in [7, 11) is 0. The van der Waals surface area contributed by atoms with Crippen LogP contribution in [0.1, 0.15) is 41.8 Å². The first-order valence-corrected chi connectivity index (χ1v) is 13.5. The summed E-state index contributed by atoms with van der Waals surface area (Å²) in [5, 5.41) is 18.2. The third-order valence-corrected chi connectivity index (χ3v) is 7.67. The minimum Gasteiger partial charge on any atom is -0.473 e. The molecule has 0 saturated heterocycles. The van der Waals surface area contributed by atoms with E-state index < -0.39 is 17.5 Å². The Kier molecular flexibility index (Phi) is 7.10. The van der Waals surface area contributed by atoms with Crippen LogP contribution in [0.25, 0.3) is 22.3 Å². The number of hydrogen-bond acceptors (Lipinski definition) is 5. The largest absolute Gasteiger partial charge is 0.473 e. The zero-order valence-corrected chi connectivity index (χ0v) is 22.4. The van der Waals surface area contributed by atoms with Crippen LogP contribution in [0, 0.1) is 45.5 Å². The van der Waals surface area contributed by atoms with Crippen molar-refractivity contribution in [3.8, 4) is 29.3 Å². The van der Waals surface area contributed by atoms with E-state index in [4.69, 9.17) is 10.00 Å². The number of imidazole rings is 1. The highest BCUT2D eigenvalue weighted by Crippen LogP contribution is 2.50. The van der Waals surface area contributed by atoms with Gasteiger partial charge < -0.3 is 9.30 Å². The van der Waals surface area contributed by atoms with Crippen LogP contribution in [0.15, 0.2) is 72.8 Å². The van der Waals surface area contributed by atoms with Crippen molar-refractivity contribution in [2.24, 2.45) is 5.41 Å². The highest BCUT2D eigenvalue weighted by Gasteiger charge is 2.43. The van der Waals surface area contributed by atoms with Crippen molar-refractivity contribution < 1.29 is 17.9 Å². The number of ether oxygens (including phenoxy) is 1. The van der Waals surface area contributed by atoms with Crippen LogP contribution < -0.4 is 4.74 Å². The van der Waals surface area contributed by atoms with Crippen LogP contribution in [0.4, 0.5) is 13.2 Å². The van der Waals surface area contributed by atoms with Gasteiger partial charge in [0.25, 0.3) is 0 Å². The van der Waals surface area contributed by atoms with Crippen molar-refractivity contribution in [2.45, 2.75) is 38.8 Å². The van der Waals surface area contributed by atoms with Gasteiger partial charge in [-0.05, 0) is 60.9 Å². The maximum atomic E-state index is 15.4. The van der Waals surface area contributed by atoms with Gasteiger partial charge >= 0.3 is 0 Å². The number of hydrogen-bond donors (Lipinski definition) is 0. The molecule has 2 heterocycles. The molecule has 42 heavy (non-hydrogen) atoms. The number of para-hydroxylation sites is 1. The SMILES string of the molecule is N#CCC1(Cn2c(Cc3ccc(-c4cccc(OCc5ccc(C#N)cc5F)n4)c(F)c3)nc3c(F)cccc32)CC1. The summed E-state index contributed by atoms with van der Waals surface area (Å²) in [6.07, 6.45) is 2.55. The molecule has 1 saturated carbocycles. The van der Waals surface area contributed by atoms with Crippen LogP contribution in [0.2, 0.25) is 0 Å². The van der Waals surface area contributed by atoms with Gasteiger partial charge in [0, 0.05) is 42.0 Å². The third-order valence-electron chi connectivity index (χ3n) is 7.67. The average molecular weight is 564 g/mol. The fraction of sp³-hybridized carbons (Fsp3) is 0.212. The Morgan fingerprint density at radius 3 is 2.45 bits per heavy atom. The highest BCUT2D eigenvalue weighted by atomic mass is 19.1. The molecule has 9 heteroatoms. The molecule has 0 N–H and O–H groups in total. The molecule has 0 atom stereocenters. The molecule has 0 bridgehead atoms. The van der Waals surface area contributed by atoms with E-state index in [1.165, 1.54) is 24.3 Å². The normalized spacial score (nSPS) is 13.5. The first-order chi connectivity index (χ1) is 20.4. The molecule has 3 aromatic carbocycles. The van der Waals surface area contributed by atoms with E-state index >= 15 is 4.39 Å². The van der Waals surface area contributed by atoms with Gasteiger partial charge in [-0.25, -0.2) is 23.1 Å². The standard InChI is InChI=1S/C33H24F3N5O/c34-25-3-1-5-29-32(25)40-30(41(29)20-33(11-12-33)13-14-37)17-21-8-10-24(27(36)15-21)28-4-2-6-31(39-28)42-19-23-9-7-22(18-38)16-26(23)35/h1-10,15-16H,11-13,17,19-20H2. The number of benzene rings is 3. The van der Waals surface area contributed by atoms with Gasteiger partial charge in [0.05, 0.1) is 28.9 Å². The molecule has 0 spiro atoms. The predicted octanol–water partition coefficient (Wildman–Crippen LogP) is 7.25. The van der Waals surface area contributed by atoms with Crippen molar-refractivity contribution in [1.29, 1.82) is 10.5 Å². The number of nitriles is 2. The van der Waals surface area contributed by atoms with Crippen LogP contribution in [0.5, 0.6) is 5.88 Å². The molecule has 2 aromatic heterocycles. The Morgan fingerprint density at radius 1 is 0.881 bits per heavy atom. The second-order valence-electron chi connectivity index (χ2n) is 10.6. The monoisotopic (exact) mass is 563 g/mol. The fourth-order valence-corrected chi connectivity index (χ4v) is 5.13. The van der Waals surface area contributed by atoms with Crippen LogP contribution >= 0.6 is 0 Å². The van der Waals surface area contributed by atoms with Crippen molar-refractivity contribution in [3.05, 3.63) is 113 Å². The molecule has 0 unspecified atom stereocenters. The van der Waals surface area contributed by atoms with E-state index in [9.17, 15) is 14.0 Å². The summed E-state index contributed by atoms with van der Waals surface area (Å²) in [6, 6.07) is 22.8. The smallest absolute Gasteiger partial charge is 0.214 e. The summed E-state index contributed by atoms with van der Waals surface area (Å²) in [5.41, 5.74) is 2.53. The Balaban J connectivity index is 1.23. The van der Waals surface area contributed by atoms with Gasteiger partial charge in [0.15, 0.2) is 5.82 Å². The first-order valence-electron chi connectivity index (χ1n) is 13.5. The van der Waals surface area contributed by atoms with Crippen LogP contribution in [0.3, 0.4) is 0 Å². The third kappa shape index (κ3) is 5.42. The Bertz CT molecular complexity index is 1900. The zero-order valence-electron chi connectivity index (χ0n) is 22.4. The van der Waals surface area contributed by atoms with Gasteiger partial charge in [-0.1, -0.05) is 24.3 Å². The van der Waals surface area contributed by atoms with Gasteiger partial charge in [0.2, 0.25) is 5.88 Å². The minimum atomic E-state index is -0.555. The molecule has 208 valence electrons. The van der Waals surface area contributed by atoms with Gasteiger partial charge in [-0.2, -0.15) is 10.5 Å². The van der Waals surface area contributed by atoms with Gasteiger partial charge in [0.1, 0.15) is 29.6 Å². The zero-order chi connectivity index (χ0) is 29.3.